The molecule has 1 aromatic rings. The lowest BCUT2D eigenvalue weighted by atomic mass is 10.1. The molecule has 1 atom stereocenters. The Morgan fingerprint density at radius 1 is 1.47 bits per heavy atom. The molecular weight excluding hydrogens is 195 g/mol. The van der Waals surface area contributed by atoms with E-state index >= 15 is 0 Å². The zero-order chi connectivity index (χ0) is 11.3. The largest absolute Gasteiger partial charge is 0.383 e. The Labute approximate surface area is 89.7 Å². The molecule has 1 rings (SSSR count). The fourth-order valence-corrected chi connectivity index (χ4v) is 1.26. The minimum Gasteiger partial charge on any atom is -0.383 e. The molecule has 0 aromatic carbocycles. The molecule has 1 unspecified atom stereocenters. The Hall–Kier alpha value is -1.16. The normalized spacial score (nSPS) is 12.9. The van der Waals surface area contributed by atoms with Gasteiger partial charge in [-0.3, -0.25) is 0 Å². The van der Waals surface area contributed by atoms with Crippen LogP contribution in [0, 0.1) is 11.9 Å². The molecule has 3 nitrogen and oxygen atoms in total. The zero-order valence-electron chi connectivity index (χ0n) is 9.33. The van der Waals surface area contributed by atoms with E-state index in [1.165, 1.54) is 12.3 Å². The highest BCUT2D eigenvalue weighted by atomic mass is 19.1. The predicted molar refractivity (Wildman–Crippen MR) is 58.3 cm³/mol. The molecule has 84 valence electrons. The highest BCUT2D eigenvalue weighted by Crippen LogP contribution is 2.12. The van der Waals surface area contributed by atoms with E-state index in [2.05, 4.69) is 24.1 Å². The van der Waals surface area contributed by atoms with Crippen LogP contribution < -0.4 is 5.32 Å². The van der Waals surface area contributed by atoms with Crippen LogP contribution >= 0.6 is 0 Å². The molecule has 0 aliphatic rings. The Morgan fingerprint density at radius 3 is 2.67 bits per heavy atom. The maximum atomic E-state index is 12.6. The van der Waals surface area contributed by atoms with E-state index in [4.69, 9.17) is 4.74 Å². The highest BCUT2D eigenvalue weighted by Gasteiger charge is 2.12. The maximum Gasteiger partial charge on any atom is 0.212 e. The minimum absolute atomic E-state index is 0.210. The van der Waals surface area contributed by atoms with Gasteiger partial charge in [0.1, 0.15) is 0 Å². The number of nitrogens with zero attached hydrogens (tertiary/aromatic N) is 1. The molecule has 0 amide bonds. The molecule has 0 saturated heterocycles. The quantitative estimate of drug-likeness (QED) is 0.760. The number of pyridine rings is 1. The van der Waals surface area contributed by atoms with Crippen molar-refractivity contribution in [2.75, 3.05) is 19.0 Å². The molecule has 0 bridgehead atoms. The first-order valence-corrected chi connectivity index (χ1v) is 5.00. The lowest BCUT2D eigenvalue weighted by molar-refractivity contribution is 0.171. The standard InChI is InChI=1S/C11H17FN2O/c1-8(2)10(7-15-3)14-9-4-5-11(12)13-6-9/h4-6,8,10,14H,7H2,1-3H3. The summed E-state index contributed by atoms with van der Waals surface area (Å²) in [5.74, 6) is -0.0246. The third kappa shape index (κ3) is 3.83. The van der Waals surface area contributed by atoms with Crippen molar-refractivity contribution in [2.45, 2.75) is 19.9 Å². The van der Waals surface area contributed by atoms with Gasteiger partial charge in [-0.25, -0.2) is 4.98 Å². The number of halogens is 1. The van der Waals surface area contributed by atoms with E-state index in [1.54, 1.807) is 13.2 Å². The van der Waals surface area contributed by atoms with Crippen LogP contribution in [0.1, 0.15) is 13.8 Å². The molecule has 0 spiro atoms. The van der Waals surface area contributed by atoms with E-state index in [0.717, 1.165) is 5.69 Å². The molecule has 15 heavy (non-hydrogen) atoms. The highest BCUT2D eigenvalue weighted by molar-refractivity contribution is 5.41. The van der Waals surface area contributed by atoms with Crippen LogP contribution in [0.4, 0.5) is 10.1 Å². The van der Waals surface area contributed by atoms with Gasteiger partial charge in [0.15, 0.2) is 0 Å². The van der Waals surface area contributed by atoms with Gasteiger partial charge in [0.05, 0.1) is 24.5 Å². The Kier molecular flexibility index (Phi) is 4.49. The molecular formula is C11H17FN2O. The van der Waals surface area contributed by atoms with Crippen molar-refractivity contribution in [1.82, 2.24) is 4.98 Å². The van der Waals surface area contributed by atoms with Gasteiger partial charge in [0.2, 0.25) is 5.95 Å². The zero-order valence-corrected chi connectivity index (χ0v) is 9.33. The fourth-order valence-electron chi connectivity index (χ4n) is 1.26. The predicted octanol–water partition coefficient (Wildman–Crippen LogP) is 2.30. The first-order chi connectivity index (χ1) is 7.13. The number of rotatable bonds is 5. The second kappa shape index (κ2) is 5.66. The second-order valence-electron chi connectivity index (χ2n) is 3.82. The molecule has 0 aliphatic heterocycles. The average molecular weight is 212 g/mol. The van der Waals surface area contributed by atoms with Gasteiger partial charge < -0.3 is 10.1 Å². The van der Waals surface area contributed by atoms with Crippen molar-refractivity contribution in [2.24, 2.45) is 5.92 Å². The van der Waals surface area contributed by atoms with E-state index < -0.39 is 5.95 Å². The number of hydrogen-bond donors (Lipinski definition) is 1. The average Bonchev–Trinajstić information content (AvgIpc) is 2.20. The topological polar surface area (TPSA) is 34.1 Å². The minimum atomic E-state index is -0.464. The van der Waals surface area contributed by atoms with Crippen LogP contribution in [-0.2, 0) is 4.74 Å². The SMILES string of the molecule is COCC(Nc1ccc(F)nc1)C(C)C. The molecule has 1 aromatic heterocycles. The summed E-state index contributed by atoms with van der Waals surface area (Å²) in [6, 6.07) is 3.22. The van der Waals surface area contributed by atoms with Gasteiger partial charge >= 0.3 is 0 Å². The van der Waals surface area contributed by atoms with Gasteiger partial charge in [-0.05, 0) is 18.1 Å². The van der Waals surface area contributed by atoms with Crippen molar-refractivity contribution in [1.29, 1.82) is 0 Å². The van der Waals surface area contributed by atoms with Crippen molar-refractivity contribution < 1.29 is 9.13 Å². The van der Waals surface area contributed by atoms with Crippen LogP contribution in [0.5, 0.6) is 0 Å². The summed E-state index contributed by atoms with van der Waals surface area (Å²) in [6.45, 7) is 4.83. The van der Waals surface area contributed by atoms with Crippen molar-refractivity contribution in [3.63, 3.8) is 0 Å². The summed E-state index contributed by atoms with van der Waals surface area (Å²) in [7, 11) is 1.67. The fraction of sp³-hybridized carbons (Fsp3) is 0.545. The summed E-state index contributed by atoms with van der Waals surface area (Å²) in [5, 5.41) is 3.25. The molecule has 0 radical (unpaired) electrons. The Bertz CT molecular complexity index is 287. The molecule has 1 N–H and O–H groups in total. The Balaban J connectivity index is 2.61. The van der Waals surface area contributed by atoms with E-state index in [0.29, 0.717) is 12.5 Å². The lowest BCUT2D eigenvalue weighted by Gasteiger charge is -2.22. The number of methoxy groups -OCH3 is 1. The van der Waals surface area contributed by atoms with Crippen LogP contribution in [0.15, 0.2) is 18.3 Å². The van der Waals surface area contributed by atoms with Crippen molar-refractivity contribution in [3.05, 3.63) is 24.3 Å². The van der Waals surface area contributed by atoms with Gasteiger partial charge in [-0.2, -0.15) is 4.39 Å². The third-order valence-corrected chi connectivity index (χ3v) is 2.23. The van der Waals surface area contributed by atoms with Gasteiger partial charge in [0, 0.05) is 7.11 Å². The van der Waals surface area contributed by atoms with Crippen LogP contribution in [-0.4, -0.2) is 24.7 Å². The van der Waals surface area contributed by atoms with E-state index in [-0.39, 0.29) is 6.04 Å². The van der Waals surface area contributed by atoms with Crippen LogP contribution in [0.2, 0.25) is 0 Å². The number of aromatic nitrogens is 1. The lowest BCUT2D eigenvalue weighted by Crippen LogP contribution is -2.30. The molecule has 4 heteroatoms. The van der Waals surface area contributed by atoms with E-state index in [1.807, 2.05) is 0 Å². The second-order valence-corrected chi connectivity index (χ2v) is 3.82. The summed E-state index contributed by atoms with van der Waals surface area (Å²) >= 11 is 0. The monoisotopic (exact) mass is 212 g/mol. The number of ether oxygens (including phenoxy) is 1. The molecule has 0 aliphatic carbocycles. The van der Waals surface area contributed by atoms with E-state index in [9.17, 15) is 4.39 Å². The smallest absolute Gasteiger partial charge is 0.212 e. The van der Waals surface area contributed by atoms with Gasteiger partial charge in [-0.1, -0.05) is 13.8 Å². The summed E-state index contributed by atoms with van der Waals surface area (Å²) in [4.78, 5) is 3.58. The maximum absolute atomic E-state index is 12.6. The van der Waals surface area contributed by atoms with Crippen LogP contribution in [0.25, 0.3) is 0 Å². The van der Waals surface area contributed by atoms with Gasteiger partial charge in [0.25, 0.3) is 0 Å². The number of nitrogens with one attached hydrogen (secondary N) is 1. The van der Waals surface area contributed by atoms with Crippen molar-refractivity contribution >= 4 is 5.69 Å². The molecule has 0 fully saturated rings. The van der Waals surface area contributed by atoms with Crippen molar-refractivity contribution in [3.8, 4) is 0 Å². The van der Waals surface area contributed by atoms with Gasteiger partial charge in [-0.15, -0.1) is 0 Å². The number of anilines is 1. The first-order valence-electron chi connectivity index (χ1n) is 5.00. The Morgan fingerprint density at radius 2 is 2.20 bits per heavy atom. The van der Waals surface area contributed by atoms with Crippen LogP contribution in [0.3, 0.4) is 0 Å². The molecule has 0 saturated carbocycles. The summed E-state index contributed by atoms with van der Waals surface area (Å²) in [6.07, 6.45) is 1.49. The number of hydrogen-bond acceptors (Lipinski definition) is 3. The third-order valence-electron chi connectivity index (χ3n) is 2.23. The summed E-state index contributed by atoms with van der Waals surface area (Å²) in [5.41, 5.74) is 0.812. The molecule has 1 heterocycles. The first kappa shape index (κ1) is 11.9. The summed E-state index contributed by atoms with van der Waals surface area (Å²) < 4.78 is 17.7.